The van der Waals surface area contributed by atoms with Crippen molar-refractivity contribution in [1.29, 1.82) is 0 Å². The highest BCUT2D eigenvalue weighted by Crippen LogP contribution is 2.11. The average molecular weight is 269 g/mol. The van der Waals surface area contributed by atoms with Gasteiger partial charge in [-0.15, -0.1) is 0 Å². The molecule has 0 saturated carbocycles. The molecule has 1 aromatic heterocycles. The largest absolute Gasteiger partial charge is 0.384 e. The number of nitrogens with one attached hydrogen (secondary N) is 2. The number of aromatic amines is 1. The Morgan fingerprint density at radius 1 is 1.50 bits per heavy atom. The molecule has 0 aliphatic rings. The Hall–Kier alpha value is -2.58. The molecule has 0 atom stereocenters. The van der Waals surface area contributed by atoms with Gasteiger partial charge >= 0.3 is 0 Å². The maximum Gasteiger partial charge on any atom is 0.252 e. The Balaban J connectivity index is 2.16. The topological polar surface area (TPSA) is 78.0 Å². The van der Waals surface area contributed by atoms with Crippen LogP contribution in [0.4, 0.5) is 0 Å². The van der Waals surface area contributed by atoms with Crippen LogP contribution in [0.25, 0.3) is 0 Å². The molecule has 0 unspecified atom stereocenters. The third kappa shape index (κ3) is 3.46. The first kappa shape index (κ1) is 13.8. The van der Waals surface area contributed by atoms with E-state index in [-0.39, 0.29) is 12.5 Å². The highest BCUT2D eigenvalue weighted by molar-refractivity contribution is 5.96. The number of nitrogens with zero attached hydrogens (tertiary/aromatic N) is 1. The normalized spacial score (nSPS) is 9.70. The van der Waals surface area contributed by atoms with E-state index in [1.807, 2.05) is 19.1 Å². The molecule has 0 saturated heterocycles. The molecule has 0 spiro atoms. The summed E-state index contributed by atoms with van der Waals surface area (Å²) in [5.74, 6) is 5.17. The second kappa shape index (κ2) is 6.55. The summed E-state index contributed by atoms with van der Waals surface area (Å²) in [5, 5.41) is 18.1. The van der Waals surface area contributed by atoms with E-state index >= 15 is 0 Å². The number of aliphatic hydroxyl groups excluding tert-OH is 1. The minimum atomic E-state index is -0.232. The minimum absolute atomic E-state index is 0.201. The Labute approximate surface area is 117 Å². The van der Waals surface area contributed by atoms with Gasteiger partial charge in [-0.1, -0.05) is 17.9 Å². The van der Waals surface area contributed by atoms with Crippen LogP contribution in [0.2, 0.25) is 0 Å². The van der Waals surface area contributed by atoms with E-state index in [1.165, 1.54) is 0 Å². The fourth-order valence-corrected chi connectivity index (χ4v) is 1.75. The van der Waals surface area contributed by atoms with Gasteiger partial charge < -0.3 is 10.4 Å². The van der Waals surface area contributed by atoms with Crippen LogP contribution < -0.4 is 5.32 Å². The molecule has 0 radical (unpaired) electrons. The molecule has 3 N–H and O–H groups in total. The summed E-state index contributed by atoms with van der Waals surface area (Å²) in [6, 6.07) is 5.42. The number of amides is 1. The molecule has 102 valence electrons. The summed E-state index contributed by atoms with van der Waals surface area (Å²) in [6.45, 7) is 2.09. The fraction of sp³-hybridized carbons (Fsp3) is 0.200. The standard InChI is InChI=1S/C15H15N3O2/c1-11-4-5-14(13(7-11)3-2-6-19)15(20)16-8-12-9-17-18-10-12/h4-5,7,9-10,19H,6,8H2,1H3,(H,16,20)(H,17,18). The number of rotatable bonds is 3. The van der Waals surface area contributed by atoms with Crippen LogP contribution >= 0.6 is 0 Å². The van der Waals surface area contributed by atoms with Crippen molar-refractivity contribution in [2.24, 2.45) is 0 Å². The smallest absolute Gasteiger partial charge is 0.252 e. The van der Waals surface area contributed by atoms with Crippen LogP contribution in [0.15, 0.2) is 30.6 Å². The van der Waals surface area contributed by atoms with Gasteiger partial charge in [0, 0.05) is 23.9 Å². The summed E-state index contributed by atoms with van der Waals surface area (Å²) in [4.78, 5) is 12.2. The van der Waals surface area contributed by atoms with Crippen LogP contribution in [0.1, 0.15) is 27.0 Å². The quantitative estimate of drug-likeness (QED) is 0.727. The van der Waals surface area contributed by atoms with E-state index in [4.69, 9.17) is 5.11 Å². The molecule has 0 bridgehead atoms. The number of aryl methyl sites for hydroxylation is 1. The number of hydrogen-bond donors (Lipinski definition) is 3. The minimum Gasteiger partial charge on any atom is -0.384 e. The molecular formula is C15H15N3O2. The highest BCUT2D eigenvalue weighted by atomic mass is 16.2. The van der Waals surface area contributed by atoms with Gasteiger partial charge in [-0.2, -0.15) is 5.10 Å². The fourth-order valence-electron chi connectivity index (χ4n) is 1.75. The zero-order valence-electron chi connectivity index (χ0n) is 11.1. The predicted molar refractivity (Wildman–Crippen MR) is 74.9 cm³/mol. The van der Waals surface area contributed by atoms with Gasteiger partial charge in [0.25, 0.3) is 5.91 Å². The molecule has 1 heterocycles. The van der Waals surface area contributed by atoms with E-state index in [0.29, 0.717) is 17.7 Å². The number of hydrogen-bond acceptors (Lipinski definition) is 3. The lowest BCUT2D eigenvalue weighted by molar-refractivity contribution is 0.0950. The summed E-state index contributed by atoms with van der Waals surface area (Å²) in [5.41, 5.74) is 3.02. The number of carbonyl (C=O) groups is 1. The van der Waals surface area contributed by atoms with Crippen molar-refractivity contribution in [2.75, 3.05) is 6.61 Å². The molecular weight excluding hydrogens is 254 g/mol. The number of aromatic nitrogens is 2. The van der Waals surface area contributed by atoms with Crippen LogP contribution in [-0.4, -0.2) is 27.8 Å². The Kier molecular flexibility index (Phi) is 4.53. The molecule has 2 rings (SSSR count). The van der Waals surface area contributed by atoms with Crippen molar-refractivity contribution in [2.45, 2.75) is 13.5 Å². The molecule has 2 aromatic rings. The Morgan fingerprint density at radius 3 is 3.05 bits per heavy atom. The van der Waals surface area contributed by atoms with Gasteiger partial charge in [0.05, 0.1) is 11.8 Å². The third-order valence-electron chi connectivity index (χ3n) is 2.73. The van der Waals surface area contributed by atoms with Gasteiger partial charge in [0.2, 0.25) is 0 Å². The van der Waals surface area contributed by atoms with E-state index in [9.17, 15) is 4.79 Å². The Morgan fingerprint density at radius 2 is 2.35 bits per heavy atom. The van der Waals surface area contributed by atoms with E-state index in [1.54, 1.807) is 18.5 Å². The van der Waals surface area contributed by atoms with E-state index < -0.39 is 0 Å². The summed E-state index contributed by atoms with van der Waals surface area (Å²) < 4.78 is 0. The second-order valence-corrected chi connectivity index (χ2v) is 4.30. The first-order chi connectivity index (χ1) is 9.70. The van der Waals surface area contributed by atoms with Crippen LogP contribution in [0, 0.1) is 18.8 Å². The third-order valence-corrected chi connectivity index (χ3v) is 2.73. The SMILES string of the molecule is Cc1ccc(C(=O)NCc2cn[nH]c2)c(C#CCO)c1. The molecule has 0 aliphatic carbocycles. The van der Waals surface area contributed by atoms with Gasteiger partial charge in [-0.25, -0.2) is 0 Å². The summed E-state index contributed by atoms with van der Waals surface area (Å²) >= 11 is 0. The Bertz CT molecular complexity index is 651. The number of carbonyl (C=O) groups excluding carboxylic acids is 1. The first-order valence-corrected chi connectivity index (χ1v) is 6.17. The molecule has 0 aliphatic heterocycles. The molecule has 5 heteroatoms. The second-order valence-electron chi connectivity index (χ2n) is 4.30. The zero-order valence-corrected chi connectivity index (χ0v) is 11.1. The van der Waals surface area contributed by atoms with Crippen LogP contribution in [0.3, 0.4) is 0 Å². The van der Waals surface area contributed by atoms with Crippen molar-refractivity contribution in [3.63, 3.8) is 0 Å². The molecule has 1 amide bonds. The van der Waals surface area contributed by atoms with Gasteiger partial charge in [-0.05, 0) is 24.6 Å². The maximum atomic E-state index is 12.2. The lowest BCUT2D eigenvalue weighted by atomic mass is 10.0. The first-order valence-electron chi connectivity index (χ1n) is 6.17. The van der Waals surface area contributed by atoms with E-state index in [2.05, 4.69) is 27.4 Å². The highest BCUT2D eigenvalue weighted by Gasteiger charge is 2.10. The lowest BCUT2D eigenvalue weighted by Crippen LogP contribution is -2.23. The van der Waals surface area contributed by atoms with Crippen molar-refractivity contribution >= 4 is 5.91 Å². The average Bonchev–Trinajstić information content (AvgIpc) is 2.96. The molecule has 1 aromatic carbocycles. The van der Waals surface area contributed by atoms with Gasteiger partial charge in [0.1, 0.15) is 6.61 Å². The monoisotopic (exact) mass is 269 g/mol. The lowest BCUT2D eigenvalue weighted by Gasteiger charge is -2.07. The van der Waals surface area contributed by atoms with Crippen molar-refractivity contribution < 1.29 is 9.90 Å². The summed E-state index contributed by atoms with van der Waals surface area (Å²) in [7, 11) is 0. The van der Waals surface area contributed by atoms with Gasteiger partial charge in [-0.3, -0.25) is 9.89 Å². The predicted octanol–water partition coefficient (Wildman–Crippen LogP) is 0.992. The number of aliphatic hydroxyl groups is 1. The molecule has 5 nitrogen and oxygen atoms in total. The van der Waals surface area contributed by atoms with Crippen molar-refractivity contribution in [3.05, 3.63) is 52.8 Å². The number of benzene rings is 1. The zero-order chi connectivity index (χ0) is 14.4. The van der Waals surface area contributed by atoms with Gasteiger partial charge in [0.15, 0.2) is 0 Å². The maximum absolute atomic E-state index is 12.2. The molecule has 20 heavy (non-hydrogen) atoms. The van der Waals surface area contributed by atoms with Crippen LogP contribution in [0.5, 0.6) is 0 Å². The van der Waals surface area contributed by atoms with Crippen molar-refractivity contribution in [1.82, 2.24) is 15.5 Å². The van der Waals surface area contributed by atoms with Crippen molar-refractivity contribution in [3.8, 4) is 11.8 Å². The number of H-pyrrole nitrogens is 1. The van der Waals surface area contributed by atoms with Crippen LogP contribution in [-0.2, 0) is 6.54 Å². The molecule has 0 fully saturated rings. The van der Waals surface area contributed by atoms with E-state index in [0.717, 1.165) is 11.1 Å². The summed E-state index contributed by atoms with van der Waals surface area (Å²) in [6.07, 6.45) is 3.38.